The second-order valence-corrected chi connectivity index (χ2v) is 8.18. The van der Waals surface area contributed by atoms with Crippen molar-refractivity contribution in [3.8, 4) is 0 Å². The van der Waals surface area contributed by atoms with Crippen molar-refractivity contribution in [3.05, 3.63) is 41.2 Å². The highest BCUT2D eigenvalue weighted by atomic mass is 32.1. The van der Waals surface area contributed by atoms with Gasteiger partial charge in [0.2, 0.25) is 0 Å². The third kappa shape index (κ3) is 3.56. The monoisotopic (exact) mass is 383 g/mol. The molecule has 1 aromatic carbocycles. The molecule has 7 heteroatoms. The molecular weight excluding hydrogens is 358 g/mol. The minimum absolute atomic E-state index is 0.0943. The quantitative estimate of drug-likeness (QED) is 0.751. The Morgan fingerprint density at radius 1 is 1.41 bits per heavy atom. The van der Waals surface area contributed by atoms with E-state index in [9.17, 15) is 4.79 Å². The predicted octanol–water partition coefficient (Wildman–Crippen LogP) is 3.30. The first-order valence-electron chi connectivity index (χ1n) is 9.50. The fraction of sp³-hybridized carbons (Fsp3) is 0.450. The molecule has 1 fully saturated rings. The van der Waals surface area contributed by atoms with Gasteiger partial charge in [-0.05, 0) is 43.9 Å². The van der Waals surface area contributed by atoms with E-state index < -0.39 is 0 Å². The Hall–Kier alpha value is -2.41. The molecule has 6 nitrogen and oxygen atoms in total. The van der Waals surface area contributed by atoms with E-state index >= 15 is 0 Å². The molecule has 3 aromatic rings. The molecule has 2 aromatic heterocycles. The number of benzene rings is 1. The maximum Gasteiger partial charge on any atom is 0.272 e. The van der Waals surface area contributed by atoms with E-state index in [-0.39, 0.29) is 11.9 Å². The van der Waals surface area contributed by atoms with Gasteiger partial charge < -0.3 is 10.2 Å². The molecule has 1 amide bonds. The summed E-state index contributed by atoms with van der Waals surface area (Å²) in [7, 11) is 1.85. The molecular formula is C20H25N5OS. The number of nitrogens with zero attached hydrogens (tertiary/aromatic N) is 4. The van der Waals surface area contributed by atoms with Gasteiger partial charge in [0, 0.05) is 31.9 Å². The summed E-state index contributed by atoms with van der Waals surface area (Å²) in [5.74, 6) is -0.0943. The Bertz CT molecular complexity index is 957. The van der Waals surface area contributed by atoms with Crippen LogP contribution in [0.25, 0.3) is 10.2 Å². The van der Waals surface area contributed by atoms with Crippen LogP contribution in [-0.4, -0.2) is 39.8 Å². The summed E-state index contributed by atoms with van der Waals surface area (Å²) in [6, 6.07) is 8.35. The van der Waals surface area contributed by atoms with Crippen molar-refractivity contribution in [1.82, 2.24) is 20.1 Å². The maximum absolute atomic E-state index is 12.5. The first-order valence-corrected chi connectivity index (χ1v) is 10.3. The summed E-state index contributed by atoms with van der Waals surface area (Å²) in [6.07, 6.45) is 3.02. The molecule has 1 aliphatic rings. The zero-order valence-corrected chi connectivity index (χ0v) is 16.8. The Balaban J connectivity index is 1.49. The summed E-state index contributed by atoms with van der Waals surface area (Å²) < 4.78 is 2.97. The smallest absolute Gasteiger partial charge is 0.272 e. The number of anilines is 1. The zero-order chi connectivity index (χ0) is 19.0. The van der Waals surface area contributed by atoms with Gasteiger partial charge in [0.15, 0.2) is 5.13 Å². The molecule has 142 valence electrons. The van der Waals surface area contributed by atoms with E-state index in [0.29, 0.717) is 5.69 Å². The van der Waals surface area contributed by atoms with Crippen molar-refractivity contribution in [1.29, 1.82) is 0 Å². The first kappa shape index (κ1) is 18.0. The number of amides is 1. The van der Waals surface area contributed by atoms with Crippen LogP contribution in [-0.2, 0) is 13.5 Å². The standard InChI is InChI=1S/C20H25N5OS/c1-4-14-7-5-9-17-18(14)22-20(27-17)25-10-6-8-15(12-25)21-19(26)16-11-13(2)24(3)23-16/h5,7,9,11,15H,4,6,8,10,12H2,1-3H3,(H,21,26). The van der Waals surface area contributed by atoms with Crippen molar-refractivity contribution >= 4 is 32.6 Å². The number of para-hydroxylation sites is 1. The largest absolute Gasteiger partial charge is 0.346 e. The predicted molar refractivity (Wildman–Crippen MR) is 110 cm³/mol. The van der Waals surface area contributed by atoms with Crippen molar-refractivity contribution in [3.63, 3.8) is 0 Å². The van der Waals surface area contributed by atoms with Crippen LogP contribution in [0.3, 0.4) is 0 Å². The van der Waals surface area contributed by atoms with Crippen molar-refractivity contribution in [2.45, 2.75) is 39.2 Å². The number of carbonyl (C=O) groups excluding carboxylic acids is 1. The fourth-order valence-corrected chi connectivity index (χ4v) is 4.66. The fourth-order valence-electron chi connectivity index (χ4n) is 3.61. The molecule has 1 atom stereocenters. The molecule has 0 radical (unpaired) electrons. The number of aryl methyl sites for hydroxylation is 3. The molecule has 0 bridgehead atoms. The van der Waals surface area contributed by atoms with Gasteiger partial charge in [-0.1, -0.05) is 30.4 Å². The van der Waals surface area contributed by atoms with Gasteiger partial charge in [-0.15, -0.1) is 0 Å². The number of piperidine rings is 1. The highest BCUT2D eigenvalue weighted by Crippen LogP contribution is 2.32. The highest BCUT2D eigenvalue weighted by molar-refractivity contribution is 7.22. The first-order chi connectivity index (χ1) is 13.0. The van der Waals surface area contributed by atoms with Crippen LogP contribution in [0.2, 0.25) is 0 Å². The Morgan fingerprint density at radius 2 is 2.26 bits per heavy atom. The summed E-state index contributed by atoms with van der Waals surface area (Å²) in [5, 5.41) is 8.49. The molecule has 4 rings (SSSR count). The number of hydrogen-bond acceptors (Lipinski definition) is 5. The number of fused-ring (bicyclic) bond motifs is 1. The third-order valence-electron chi connectivity index (χ3n) is 5.25. The van der Waals surface area contributed by atoms with Crippen LogP contribution < -0.4 is 10.2 Å². The normalized spacial score (nSPS) is 17.4. The van der Waals surface area contributed by atoms with Crippen LogP contribution in [0.15, 0.2) is 24.3 Å². The van der Waals surface area contributed by atoms with E-state index in [2.05, 4.69) is 40.4 Å². The summed E-state index contributed by atoms with van der Waals surface area (Å²) in [5.41, 5.74) is 3.88. The van der Waals surface area contributed by atoms with Gasteiger partial charge in [0.25, 0.3) is 5.91 Å². The van der Waals surface area contributed by atoms with E-state index in [1.54, 1.807) is 16.0 Å². The highest BCUT2D eigenvalue weighted by Gasteiger charge is 2.25. The molecule has 1 aliphatic heterocycles. The molecule has 0 aliphatic carbocycles. The van der Waals surface area contributed by atoms with Gasteiger partial charge in [-0.3, -0.25) is 9.48 Å². The maximum atomic E-state index is 12.5. The van der Waals surface area contributed by atoms with Crippen molar-refractivity contribution in [2.24, 2.45) is 7.05 Å². The minimum Gasteiger partial charge on any atom is -0.346 e. The molecule has 1 N–H and O–H groups in total. The average molecular weight is 384 g/mol. The van der Waals surface area contributed by atoms with Gasteiger partial charge in [-0.25, -0.2) is 4.98 Å². The van der Waals surface area contributed by atoms with Crippen LogP contribution in [0.4, 0.5) is 5.13 Å². The van der Waals surface area contributed by atoms with Crippen LogP contribution in [0.5, 0.6) is 0 Å². The molecule has 0 saturated carbocycles. The lowest BCUT2D eigenvalue weighted by molar-refractivity contribution is 0.0927. The second kappa shape index (κ2) is 7.31. The van der Waals surface area contributed by atoms with E-state index in [1.807, 2.05) is 20.0 Å². The van der Waals surface area contributed by atoms with Gasteiger partial charge >= 0.3 is 0 Å². The van der Waals surface area contributed by atoms with Crippen molar-refractivity contribution in [2.75, 3.05) is 18.0 Å². The number of thiazole rings is 1. The number of rotatable bonds is 4. The van der Waals surface area contributed by atoms with Crippen LogP contribution in [0, 0.1) is 6.92 Å². The van der Waals surface area contributed by atoms with Crippen LogP contribution >= 0.6 is 11.3 Å². The Labute approximate surface area is 163 Å². The lowest BCUT2D eigenvalue weighted by Crippen LogP contribution is -2.47. The molecule has 1 unspecified atom stereocenters. The SMILES string of the molecule is CCc1cccc2sc(N3CCCC(NC(=O)c4cc(C)n(C)n4)C3)nc12. The summed E-state index contributed by atoms with van der Waals surface area (Å²) in [4.78, 5) is 19.7. The topological polar surface area (TPSA) is 63.1 Å². The third-order valence-corrected chi connectivity index (χ3v) is 6.33. The lowest BCUT2D eigenvalue weighted by Gasteiger charge is -2.32. The molecule has 0 spiro atoms. The van der Waals surface area contributed by atoms with E-state index in [1.165, 1.54) is 10.3 Å². The molecule has 3 heterocycles. The minimum atomic E-state index is -0.0943. The van der Waals surface area contributed by atoms with Gasteiger partial charge in [-0.2, -0.15) is 5.10 Å². The average Bonchev–Trinajstić information content (AvgIpc) is 3.25. The Kier molecular flexibility index (Phi) is 4.86. The number of nitrogens with one attached hydrogen (secondary N) is 1. The molecule has 1 saturated heterocycles. The second-order valence-electron chi connectivity index (χ2n) is 7.17. The number of aromatic nitrogens is 3. The van der Waals surface area contributed by atoms with Gasteiger partial charge in [0.05, 0.1) is 10.2 Å². The molecule has 27 heavy (non-hydrogen) atoms. The van der Waals surface area contributed by atoms with E-state index in [4.69, 9.17) is 4.98 Å². The number of carbonyl (C=O) groups is 1. The van der Waals surface area contributed by atoms with Crippen molar-refractivity contribution < 1.29 is 4.79 Å². The summed E-state index contributed by atoms with van der Waals surface area (Å²) in [6.45, 7) is 5.89. The zero-order valence-electron chi connectivity index (χ0n) is 16.0. The van der Waals surface area contributed by atoms with E-state index in [0.717, 1.165) is 48.7 Å². The van der Waals surface area contributed by atoms with Gasteiger partial charge in [0.1, 0.15) is 5.69 Å². The Morgan fingerprint density at radius 3 is 3.00 bits per heavy atom. The van der Waals surface area contributed by atoms with Crippen LogP contribution in [0.1, 0.15) is 41.5 Å². The lowest BCUT2D eigenvalue weighted by atomic mass is 10.1. The number of hydrogen-bond donors (Lipinski definition) is 1. The summed E-state index contributed by atoms with van der Waals surface area (Å²) >= 11 is 1.74.